The van der Waals surface area contributed by atoms with Crippen LogP contribution in [-0.2, 0) is 0 Å². The zero-order valence-corrected chi connectivity index (χ0v) is 16.5. The number of nitrogens with zero attached hydrogens (tertiary/aromatic N) is 1. The van der Waals surface area contributed by atoms with Crippen molar-refractivity contribution >= 4 is 11.4 Å². The lowest BCUT2D eigenvalue weighted by Crippen LogP contribution is -2.07. The number of hydrogen-bond donors (Lipinski definition) is 1. The van der Waals surface area contributed by atoms with Gasteiger partial charge in [-0.1, -0.05) is 70.8 Å². The first-order chi connectivity index (χ1) is 12.4. The van der Waals surface area contributed by atoms with Crippen molar-refractivity contribution in [3.63, 3.8) is 0 Å². The fraction of sp³-hybridized carbons (Fsp3) is 0.292. The van der Waals surface area contributed by atoms with Gasteiger partial charge in [-0.3, -0.25) is 5.43 Å². The molecule has 0 heterocycles. The van der Waals surface area contributed by atoms with E-state index in [-0.39, 0.29) is 0 Å². The number of rotatable bonds is 5. The van der Waals surface area contributed by atoms with E-state index in [0.717, 1.165) is 24.2 Å². The Morgan fingerprint density at radius 3 is 2.19 bits per heavy atom. The first-order valence-electron chi connectivity index (χ1n) is 9.25. The smallest absolute Gasteiger partial charge is 0.0720 e. The molecule has 0 spiro atoms. The minimum atomic E-state index is 0.876. The molecule has 2 aromatic carbocycles. The largest absolute Gasteiger partial charge is 0.278 e. The zero-order valence-electron chi connectivity index (χ0n) is 16.5. The number of benzene rings is 2. The molecule has 3 rings (SSSR count). The molecule has 2 nitrogen and oxygen atoms in total. The monoisotopic (exact) mass is 344 g/mol. The summed E-state index contributed by atoms with van der Waals surface area (Å²) in [5.41, 5.74) is 14.7. The van der Waals surface area contributed by atoms with Gasteiger partial charge in [0, 0.05) is 6.42 Å². The predicted octanol–water partition coefficient (Wildman–Crippen LogP) is 6.48. The maximum absolute atomic E-state index is 4.85. The molecule has 0 saturated carbocycles. The molecule has 0 amide bonds. The summed E-state index contributed by atoms with van der Waals surface area (Å²) >= 11 is 0. The Morgan fingerprint density at radius 1 is 0.962 bits per heavy atom. The molecule has 134 valence electrons. The summed E-state index contributed by atoms with van der Waals surface area (Å²) in [7, 11) is 0. The van der Waals surface area contributed by atoms with Gasteiger partial charge in [0.1, 0.15) is 0 Å². The van der Waals surface area contributed by atoms with Crippen LogP contribution in [0, 0.1) is 20.8 Å². The standard InChI is InChI=1S/C24H28N2/c1-16-12-19(4)24(20(5)13-16)26-25-23(21-9-7-6-8-10-21)15-22-14-17(2)11-18(22)3/h6-13,26H,14-15H2,1-5H3. The van der Waals surface area contributed by atoms with E-state index in [1.165, 1.54) is 39.0 Å². The second-order valence-electron chi connectivity index (χ2n) is 7.44. The average molecular weight is 345 g/mol. The summed E-state index contributed by atoms with van der Waals surface area (Å²) in [4.78, 5) is 0. The fourth-order valence-corrected chi connectivity index (χ4v) is 3.72. The van der Waals surface area contributed by atoms with Crippen molar-refractivity contribution in [3.05, 3.63) is 87.5 Å². The molecule has 2 heteroatoms. The highest BCUT2D eigenvalue weighted by atomic mass is 15.3. The first-order valence-corrected chi connectivity index (χ1v) is 9.25. The van der Waals surface area contributed by atoms with E-state index >= 15 is 0 Å². The lowest BCUT2D eigenvalue weighted by Gasteiger charge is -2.14. The van der Waals surface area contributed by atoms with Crippen LogP contribution in [0.2, 0.25) is 0 Å². The first kappa shape index (κ1) is 18.2. The van der Waals surface area contributed by atoms with Gasteiger partial charge in [0.2, 0.25) is 0 Å². The van der Waals surface area contributed by atoms with Crippen LogP contribution in [0.1, 0.15) is 48.9 Å². The van der Waals surface area contributed by atoms with Crippen LogP contribution >= 0.6 is 0 Å². The molecule has 1 aliphatic carbocycles. The Labute approximate surface area is 157 Å². The highest BCUT2D eigenvalue weighted by molar-refractivity contribution is 6.02. The highest BCUT2D eigenvalue weighted by Crippen LogP contribution is 2.29. The number of allylic oxidation sites excluding steroid dienone is 4. The van der Waals surface area contributed by atoms with Gasteiger partial charge in [-0.05, 0) is 57.7 Å². The van der Waals surface area contributed by atoms with E-state index in [4.69, 9.17) is 5.10 Å². The Morgan fingerprint density at radius 2 is 1.62 bits per heavy atom. The Kier molecular flexibility index (Phi) is 5.41. The predicted molar refractivity (Wildman–Crippen MR) is 113 cm³/mol. The van der Waals surface area contributed by atoms with Crippen molar-refractivity contribution in [2.75, 3.05) is 5.43 Å². The maximum Gasteiger partial charge on any atom is 0.0720 e. The molecule has 1 aliphatic rings. The van der Waals surface area contributed by atoms with Crippen molar-refractivity contribution in [2.24, 2.45) is 5.10 Å². The summed E-state index contributed by atoms with van der Waals surface area (Å²) in [6.07, 6.45) is 4.22. The fourth-order valence-electron chi connectivity index (χ4n) is 3.72. The maximum atomic E-state index is 4.85. The van der Waals surface area contributed by atoms with E-state index in [9.17, 15) is 0 Å². The molecule has 0 radical (unpaired) electrons. The van der Waals surface area contributed by atoms with E-state index in [1.807, 2.05) is 0 Å². The van der Waals surface area contributed by atoms with Crippen LogP contribution in [0.5, 0.6) is 0 Å². The third kappa shape index (κ3) is 4.13. The van der Waals surface area contributed by atoms with Crippen LogP contribution in [0.25, 0.3) is 0 Å². The summed E-state index contributed by atoms with van der Waals surface area (Å²) in [6.45, 7) is 10.8. The van der Waals surface area contributed by atoms with Gasteiger partial charge in [0.25, 0.3) is 0 Å². The van der Waals surface area contributed by atoms with Gasteiger partial charge in [-0.15, -0.1) is 0 Å². The number of aryl methyl sites for hydroxylation is 3. The van der Waals surface area contributed by atoms with Gasteiger partial charge in [-0.25, -0.2) is 0 Å². The number of hydrazone groups is 1. The number of nitrogens with one attached hydrogen (secondary N) is 1. The SMILES string of the molecule is CC1=CC(C)=C(CC(=NNc2c(C)cc(C)cc2C)c2ccccc2)C1. The summed E-state index contributed by atoms with van der Waals surface area (Å²) in [5, 5.41) is 4.85. The van der Waals surface area contributed by atoms with Gasteiger partial charge < -0.3 is 0 Å². The van der Waals surface area contributed by atoms with Gasteiger partial charge >= 0.3 is 0 Å². The topological polar surface area (TPSA) is 24.4 Å². The zero-order chi connectivity index (χ0) is 18.7. The molecule has 0 aliphatic heterocycles. The molecule has 2 aromatic rings. The van der Waals surface area contributed by atoms with Crippen molar-refractivity contribution in [2.45, 2.75) is 47.5 Å². The van der Waals surface area contributed by atoms with E-state index in [2.05, 4.69) is 88.6 Å². The molecular formula is C24H28N2. The van der Waals surface area contributed by atoms with Crippen molar-refractivity contribution in [1.82, 2.24) is 0 Å². The van der Waals surface area contributed by atoms with E-state index < -0.39 is 0 Å². The molecule has 0 unspecified atom stereocenters. The van der Waals surface area contributed by atoms with Crippen LogP contribution in [0.15, 0.2) is 70.4 Å². The quantitative estimate of drug-likeness (QED) is 0.487. The molecule has 1 N–H and O–H groups in total. The Bertz CT molecular complexity index is 876. The van der Waals surface area contributed by atoms with Gasteiger partial charge in [-0.2, -0.15) is 5.10 Å². The average Bonchev–Trinajstić information content (AvgIpc) is 2.91. The van der Waals surface area contributed by atoms with Crippen LogP contribution in [0.4, 0.5) is 5.69 Å². The second-order valence-corrected chi connectivity index (χ2v) is 7.44. The highest BCUT2D eigenvalue weighted by Gasteiger charge is 2.14. The Balaban J connectivity index is 1.92. The molecule has 0 atom stereocenters. The second kappa shape index (κ2) is 7.74. The molecular weight excluding hydrogens is 316 g/mol. The minimum absolute atomic E-state index is 0.876. The van der Waals surface area contributed by atoms with Crippen LogP contribution < -0.4 is 5.43 Å². The summed E-state index contributed by atoms with van der Waals surface area (Å²) in [5.74, 6) is 0. The van der Waals surface area contributed by atoms with Crippen LogP contribution in [-0.4, -0.2) is 5.71 Å². The number of anilines is 1. The molecule has 0 fully saturated rings. The molecule has 0 bridgehead atoms. The van der Waals surface area contributed by atoms with E-state index in [0.29, 0.717) is 0 Å². The summed E-state index contributed by atoms with van der Waals surface area (Å²) in [6, 6.07) is 14.9. The minimum Gasteiger partial charge on any atom is -0.278 e. The van der Waals surface area contributed by atoms with Gasteiger partial charge in [0.15, 0.2) is 0 Å². The third-order valence-corrected chi connectivity index (χ3v) is 4.98. The normalized spacial score (nSPS) is 14.7. The molecule has 0 aromatic heterocycles. The molecule has 26 heavy (non-hydrogen) atoms. The third-order valence-electron chi connectivity index (χ3n) is 4.98. The molecule has 0 saturated heterocycles. The van der Waals surface area contributed by atoms with Crippen molar-refractivity contribution in [1.29, 1.82) is 0 Å². The summed E-state index contributed by atoms with van der Waals surface area (Å²) < 4.78 is 0. The lowest BCUT2D eigenvalue weighted by molar-refractivity contribution is 1.08. The number of hydrogen-bond acceptors (Lipinski definition) is 2. The van der Waals surface area contributed by atoms with Crippen molar-refractivity contribution in [3.8, 4) is 0 Å². The van der Waals surface area contributed by atoms with Crippen LogP contribution in [0.3, 0.4) is 0 Å². The van der Waals surface area contributed by atoms with Crippen molar-refractivity contribution < 1.29 is 0 Å². The Hall–Kier alpha value is -2.61. The van der Waals surface area contributed by atoms with Gasteiger partial charge in [0.05, 0.1) is 11.4 Å². The van der Waals surface area contributed by atoms with E-state index in [1.54, 1.807) is 0 Å². The lowest BCUT2D eigenvalue weighted by atomic mass is 9.99.